The molecule has 0 amide bonds. The van der Waals surface area contributed by atoms with E-state index in [1.807, 2.05) is 0 Å². The Labute approximate surface area is 87.5 Å². The Balaban J connectivity index is 2.72. The van der Waals surface area contributed by atoms with Crippen LogP contribution >= 0.6 is 11.6 Å². The van der Waals surface area contributed by atoms with Crippen LogP contribution in [-0.4, -0.2) is 11.7 Å². The van der Waals surface area contributed by atoms with Gasteiger partial charge in [-0.05, 0) is 37.4 Å². The number of aryl methyl sites for hydroxylation is 1. The first kappa shape index (κ1) is 11.3. The third-order valence-electron chi connectivity index (χ3n) is 2.02. The summed E-state index contributed by atoms with van der Waals surface area (Å²) in [5.74, 6) is -0.629. The van der Waals surface area contributed by atoms with Crippen molar-refractivity contribution in [1.29, 1.82) is 0 Å². The van der Waals surface area contributed by atoms with Gasteiger partial charge in [-0.2, -0.15) is 0 Å². The normalized spacial score (nSPS) is 10.5. The van der Waals surface area contributed by atoms with Gasteiger partial charge in [0.05, 0.1) is 5.02 Å². The highest BCUT2D eigenvalue weighted by Crippen LogP contribution is 2.26. The van der Waals surface area contributed by atoms with Crippen LogP contribution in [-0.2, 0) is 6.42 Å². The quantitative estimate of drug-likeness (QED) is 0.762. The lowest BCUT2D eigenvalue weighted by atomic mass is 10.1. The van der Waals surface area contributed by atoms with E-state index < -0.39 is 5.82 Å². The minimum absolute atomic E-state index is 0.0380. The molecule has 1 aromatic carbocycles. The third-order valence-corrected chi connectivity index (χ3v) is 2.31. The van der Waals surface area contributed by atoms with E-state index in [1.165, 1.54) is 6.07 Å². The third kappa shape index (κ3) is 2.86. The summed E-state index contributed by atoms with van der Waals surface area (Å²) in [6.45, 7) is 0.621. The molecule has 0 atom stereocenters. The highest BCUT2D eigenvalue weighted by Gasteiger charge is 2.06. The molecule has 0 unspecified atom stereocenters. The highest BCUT2D eigenvalue weighted by atomic mass is 35.5. The Bertz CT molecular complexity index is 317. The summed E-state index contributed by atoms with van der Waals surface area (Å²) < 4.78 is 12.8. The summed E-state index contributed by atoms with van der Waals surface area (Å²) in [4.78, 5) is 0. The average Bonchev–Trinajstić information content (AvgIpc) is 2.14. The molecule has 0 saturated carbocycles. The minimum atomic E-state index is -0.591. The Morgan fingerprint density at radius 1 is 1.36 bits per heavy atom. The highest BCUT2D eigenvalue weighted by molar-refractivity contribution is 6.30. The second-order valence-corrected chi connectivity index (χ2v) is 3.55. The largest absolute Gasteiger partial charge is 0.508 e. The summed E-state index contributed by atoms with van der Waals surface area (Å²) in [5.41, 5.74) is 6.01. The number of nitrogens with two attached hydrogens (primary N) is 1. The van der Waals surface area contributed by atoms with Crippen molar-refractivity contribution in [2.45, 2.75) is 19.3 Å². The summed E-state index contributed by atoms with van der Waals surface area (Å²) in [6.07, 6.45) is 2.42. The maximum absolute atomic E-state index is 12.8. The molecule has 78 valence electrons. The molecule has 1 aromatic rings. The van der Waals surface area contributed by atoms with Gasteiger partial charge in [-0.1, -0.05) is 11.6 Å². The van der Waals surface area contributed by atoms with Crippen LogP contribution in [0.5, 0.6) is 5.75 Å². The zero-order valence-corrected chi connectivity index (χ0v) is 8.52. The van der Waals surface area contributed by atoms with Crippen LogP contribution in [0.1, 0.15) is 18.4 Å². The van der Waals surface area contributed by atoms with Gasteiger partial charge in [-0.25, -0.2) is 4.39 Å². The molecule has 0 aliphatic heterocycles. The number of hydrogen-bond donors (Lipinski definition) is 2. The molecular weight excluding hydrogens is 205 g/mol. The minimum Gasteiger partial charge on any atom is -0.508 e. The molecule has 2 nitrogen and oxygen atoms in total. The number of halogens is 2. The van der Waals surface area contributed by atoms with E-state index in [-0.39, 0.29) is 10.8 Å². The first-order valence-electron chi connectivity index (χ1n) is 4.52. The van der Waals surface area contributed by atoms with E-state index >= 15 is 0 Å². The predicted molar refractivity (Wildman–Crippen MR) is 55.1 cm³/mol. The van der Waals surface area contributed by atoms with Crippen molar-refractivity contribution in [2.24, 2.45) is 5.73 Å². The van der Waals surface area contributed by atoms with Crippen molar-refractivity contribution >= 4 is 11.6 Å². The van der Waals surface area contributed by atoms with Crippen molar-refractivity contribution in [1.82, 2.24) is 0 Å². The summed E-state index contributed by atoms with van der Waals surface area (Å²) >= 11 is 5.59. The van der Waals surface area contributed by atoms with Gasteiger partial charge >= 0.3 is 0 Å². The molecule has 0 aromatic heterocycles. The standard InChI is InChI=1S/C10H13ClFNO/c11-8-5-7(3-1-2-4-13)10(14)6-9(8)12/h5-6,14H,1-4,13H2. The molecule has 1 rings (SSSR count). The number of hydrogen-bond acceptors (Lipinski definition) is 2. The Morgan fingerprint density at radius 3 is 2.71 bits per heavy atom. The van der Waals surface area contributed by atoms with Crippen LogP contribution in [0, 0.1) is 5.82 Å². The lowest BCUT2D eigenvalue weighted by Crippen LogP contribution is -1.99. The molecule has 14 heavy (non-hydrogen) atoms. The van der Waals surface area contributed by atoms with Crippen LogP contribution in [0.2, 0.25) is 5.02 Å². The van der Waals surface area contributed by atoms with Crippen molar-refractivity contribution < 1.29 is 9.50 Å². The zero-order chi connectivity index (χ0) is 10.6. The van der Waals surface area contributed by atoms with E-state index in [1.54, 1.807) is 0 Å². The van der Waals surface area contributed by atoms with Crippen molar-refractivity contribution in [2.75, 3.05) is 6.54 Å². The van der Waals surface area contributed by atoms with Crippen LogP contribution in [0.3, 0.4) is 0 Å². The molecular formula is C10H13ClFNO. The van der Waals surface area contributed by atoms with Gasteiger partial charge in [0.1, 0.15) is 11.6 Å². The van der Waals surface area contributed by atoms with Gasteiger partial charge < -0.3 is 10.8 Å². The van der Waals surface area contributed by atoms with E-state index in [4.69, 9.17) is 17.3 Å². The number of benzene rings is 1. The van der Waals surface area contributed by atoms with Gasteiger partial charge in [-0.15, -0.1) is 0 Å². The molecule has 4 heteroatoms. The summed E-state index contributed by atoms with van der Waals surface area (Å²) in [7, 11) is 0. The lowest BCUT2D eigenvalue weighted by molar-refractivity contribution is 0.460. The van der Waals surface area contributed by atoms with Gasteiger partial charge in [0.2, 0.25) is 0 Å². The van der Waals surface area contributed by atoms with E-state index in [0.29, 0.717) is 18.5 Å². The monoisotopic (exact) mass is 217 g/mol. The fourth-order valence-corrected chi connectivity index (χ4v) is 1.42. The van der Waals surface area contributed by atoms with Gasteiger partial charge in [-0.3, -0.25) is 0 Å². The molecule has 0 bridgehead atoms. The van der Waals surface area contributed by atoms with Crippen LogP contribution in [0.25, 0.3) is 0 Å². The summed E-state index contributed by atoms with van der Waals surface area (Å²) in [6, 6.07) is 2.50. The Kier molecular flexibility index (Phi) is 4.17. The first-order chi connectivity index (χ1) is 6.65. The Hall–Kier alpha value is -0.800. The number of rotatable bonds is 4. The van der Waals surface area contributed by atoms with E-state index in [9.17, 15) is 9.50 Å². The SMILES string of the molecule is NCCCCc1cc(Cl)c(F)cc1O. The molecule has 0 radical (unpaired) electrons. The molecule has 0 spiro atoms. The van der Waals surface area contributed by atoms with Crippen LogP contribution in [0.4, 0.5) is 4.39 Å². The fraction of sp³-hybridized carbons (Fsp3) is 0.400. The maximum Gasteiger partial charge on any atom is 0.145 e. The molecule has 0 saturated heterocycles. The van der Waals surface area contributed by atoms with Gasteiger partial charge in [0, 0.05) is 6.07 Å². The average molecular weight is 218 g/mol. The second-order valence-electron chi connectivity index (χ2n) is 3.14. The van der Waals surface area contributed by atoms with E-state index in [0.717, 1.165) is 18.9 Å². The Morgan fingerprint density at radius 2 is 2.07 bits per heavy atom. The number of phenolic OH excluding ortho intramolecular Hbond substituents is 1. The molecule has 0 heterocycles. The predicted octanol–water partition coefficient (Wildman–Crippen LogP) is 2.47. The second kappa shape index (κ2) is 5.17. The van der Waals surface area contributed by atoms with Crippen LogP contribution < -0.4 is 5.73 Å². The van der Waals surface area contributed by atoms with Crippen molar-refractivity contribution in [3.63, 3.8) is 0 Å². The number of phenols is 1. The smallest absolute Gasteiger partial charge is 0.145 e. The lowest BCUT2D eigenvalue weighted by Gasteiger charge is -2.05. The maximum atomic E-state index is 12.8. The van der Waals surface area contributed by atoms with Gasteiger partial charge in [0.15, 0.2) is 0 Å². The molecule has 0 fully saturated rings. The molecule has 0 aliphatic rings. The molecule has 3 N–H and O–H groups in total. The van der Waals surface area contributed by atoms with Crippen LogP contribution in [0.15, 0.2) is 12.1 Å². The fourth-order valence-electron chi connectivity index (χ4n) is 1.24. The van der Waals surface area contributed by atoms with Crippen molar-refractivity contribution in [3.05, 3.63) is 28.5 Å². The zero-order valence-electron chi connectivity index (χ0n) is 7.76. The van der Waals surface area contributed by atoms with Crippen molar-refractivity contribution in [3.8, 4) is 5.75 Å². The van der Waals surface area contributed by atoms with Gasteiger partial charge in [0.25, 0.3) is 0 Å². The topological polar surface area (TPSA) is 46.2 Å². The van der Waals surface area contributed by atoms with E-state index in [2.05, 4.69) is 0 Å². The molecule has 0 aliphatic carbocycles. The first-order valence-corrected chi connectivity index (χ1v) is 4.90. The number of unbranched alkanes of at least 4 members (excludes halogenated alkanes) is 1. The summed E-state index contributed by atoms with van der Waals surface area (Å²) in [5, 5.41) is 9.43. The number of aromatic hydroxyl groups is 1.